The lowest BCUT2D eigenvalue weighted by atomic mass is 9.44. The molecule has 0 amide bonds. The van der Waals surface area contributed by atoms with E-state index in [1.807, 2.05) is 0 Å². The highest BCUT2D eigenvalue weighted by molar-refractivity contribution is 5.85. The summed E-state index contributed by atoms with van der Waals surface area (Å²) in [4.78, 5) is 25.8. The van der Waals surface area contributed by atoms with E-state index in [0.717, 1.165) is 42.9 Å². The Bertz CT molecular complexity index is 651. The van der Waals surface area contributed by atoms with Crippen molar-refractivity contribution in [3.8, 4) is 0 Å². The topological polar surface area (TPSA) is 34.1 Å². The Kier molecular flexibility index (Phi) is 5.79. The molecule has 0 radical (unpaired) electrons. The number of ketones is 2. The highest BCUT2D eigenvalue weighted by Crippen LogP contribution is 2.67. The maximum atomic E-state index is 13.7. The summed E-state index contributed by atoms with van der Waals surface area (Å²) in [5.74, 6) is 5.29. The molecule has 0 spiro atoms. The van der Waals surface area contributed by atoms with Gasteiger partial charge in [0, 0.05) is 25.2 Å². The molecule has 0 aromatic rings. The van der Waals surface area contributed by atoms with Gasteiger partial charge in [0.1, 0.15) is 11.6 Å². The third-order valence-electron chi connectivity index (χ3n) is 10.4. The fourth-order valence-electron chi connectivity index (χ4n) is 8.88. The molecular formula is C27H44O2. The van der Waals surface area contributed by atoms with Gasteiger partial charge >= 0.3 is 0 Å². The van der Waals surface area contributed by atoms with E-state index >= 15 is 0 Å². The molecule has 29 heavy (non-hydrogen) atoms. The van der Waals surface area contributed by atoms with E-state index in [4.69, 9.17) is 0 Å². The highest BCUT2D eigenvalue weighted by atomic mass is 16.1. The first-order valence-electron chi connectivity index (χ1n) is 12.7. The van der Waals surface area contributed by atoms with E-state index in [0.29, 0.717) is 29.8 Å². The average molecular weight is 401 g/mol. The van der Waals surface area contributed by atoms with Gasteiger partial charge in [-0.25, -0.2) is 0 Å². The Labute approximate surface area is 179 Å². The molecule has 0 N–H and O–H groups in total. The first kappa shape index (κ1) is 21.6. The molecule has 164 valence electrons. The van der Waals surface area contributed by atoms with Crippen LogP contribution in [-0.2, 0) is 9.59 Å². The SMILES string of the molecule is CC(C)CCC[C@@H](C)[C@H]1CC[C@H]2[C@@H]3CC[C@H]4CC(=O)CC[C@]4(C)[C@H]3C(=O)C[C@]12C. The van der Waals surface area contributed by atoms with Crippen molar-refractivity contribution in [3.05, 3.63) is 0 Å². The van der Waals surface area contributed by atoms with Crippen LogP contribution in [0.1, 0.15) is 105 Å². The van der Waals surface area contributed by atoms with E-state index in [1.165, 1.54) is 44.9 Å². The fourth-order valence-corrected chi connectivity index (χ4v) is 8.88. The van der Waals surface area contributed by atoms with Crippen molar-refractivity contribution in [1.29, 1.82) is 0 Å². The molecule has 0 unspecified atom stereocenters. The summed E-state index contributed by atoms with van der Waals surface area (Å²) < 4.78 is 0. The second-order valence-electron chi connectivity index (χ2n) is 12.4. The van der Waals surface area contributed by atoms with Gasteiger partial charge in [-0.3, -0.25) is 9.59 Å². The molecule has 0 aliphatic heterocycles. The molecule has 2 heteroatoms. The lowest BCUT2D eigenvalue weighted by Crippen LogP contribution is -2.57. The maximum absolute atomic E-state index is 13.7. The van der Waals surface area contributed by atoms with E-state index in [1.54, 1.807) is 0 Å². The second-order valence-corrected chi connectivity index (χ2v) is 12.4. The number of Topliss-reactive ketones (excluding diaryl/α,β-unsaturated/α-hetero) is 2. The molecule has 4 fully saturated rings. The van der Waals surface area contributed by atoms with Crippen LogP contribution < -0.4 is 0 Å². The second kappa shape index (κ2) is 7.79. The molecule has 0 aromatic heterocycles. The van der Waals surface area contributed by atoms with Gasteiger partial charge in [0.15, 0.2) is 0 Å². The van der Waals surface area contributed by atoms with Gasteiger partial charge in [-0.15, -0.1) is 0 Å². The molecular weight excluding hydrogens is 356 g/mol. The van der Waals surface area contributed by atoms with E-state index in [2.05, 4.69) is 34.6 Å². The Morgan fingerprint density at radius 2 is 1.72 bits per heavy atom. The van der Waals surface area contributed by atoms with Crippen LogP contribution in [0.5, 0.6) is 0 Å². The lowest BCUT2D eigenvalue weighted by molar-refractivity contribution is -0.161. The number of carbonyl (C=O) groups is 2. The van der Waals surface area contributed by atoms with Crippen LogP contribution in [-0.4, -0.2) is 11.6 Å². The van der Waals surface area contributed by atoms with Gasteiger partial charge in [-0.1, -0.05) is 53.9 Å². The van der Waals surface area contributed by atoms with Crippen molar-refractivity contribution >= 4 is 11.6 Å². The first-order chi connectivity index (χ1) is 13.7. The van der Waals surface area contributed by atoms with Crippen molar-refractivity contribution in [3.63, 3.8) is 0 Å². The normalized spacial score (nSPS) is 45.7. The molecule has 4 aliphatic rings. The van der Waals surface area contributed by atoms with Crippen molar-refractivity contribution in [1.82, 2.24) is 0 Å². The molecule has 8 atom stereocenters. The number of hydrogen-bond acceptors (Lipinski definition) is 2. The Balaban J connectivity index is 1.53. The van der Waals surface area contributed by atoms with Crippen molar-refractivity contribution in [2.75, 3.05) is 0 Å². The molecule has 2 nitrogen and oxygen atoms in total. The smallest absolute Gasteiger partial charge is 0.137 e. The van der Waals surface area contributed by atoms with Crippen molar-refractivity contribution in [2.24, 2.45) is 52.3 Å². The molecule has 4 saturated carbocycles. The number of fused-ring (bicyclic) bond motifs is 5. The minimum absolute atomic E-state index is 0.0935. The van der Waals surface area contributed by atoms with Crippen LogP contribution in [0.2, 0.25) is 0 Å². The fraction of sp³-hybridized carbons (Fsp3) is 0.926. The monoisotopic (exact) mass is 400 g/mol. The zero-order valence-corrected chi connectivity index (χ0v) is 19.6. The van der Waals surface area contributed by atoms with Gasteiger partial charge < -0.3 is 0 Å². The van der Waals surface area contributed by atoms with Gasteiger partial charge in [0.2, 0.25) is 0 Å². The average Bonchev–Trinajstić information content (AvgIpc) is 2.98. The number of hydrogen-bond donors (Lipinski definition) is 0. The maximum Gasteiger partial charge on any atom is 0.137 e. The zero-order chi connectivity index (χ0) is 21.0. The molecule has 4 aliphatic carbocycles. The van der Waals surface area contributed by atoms with Crippen LogP contribution in [0.25, 0.3) is 0 Å². The quantitative estimate of drug-likeness (QED) is 0.505. The molecule has 0 heterocycles. The van der Waals surface area contributed by atoms with Gasteiger partial charge in [0.25, 0.3) is 0 Å². The largest absolute Gasteiger partial charge is 0.300 e. The standard InChI is InChI=1S/C27H44O2/c1-17(2)7-6-8-18(3)22-11-12-23-21-10-9-19-15-20(28)13-14-26(19,4)25(21)24(29)16-27(22,23)5/h17-19,21-23,25H,6-16H2,1-5H3/t18-,19+,21+,22-,23+,25-,26+,27-/m1/s1. The summed E-state index contributed by atoms with van der Waals surface area (Å²) in [6.07, 6.45) is 12.3. The van der Waals surface area contributed by atoms with Gasteiger partial charge in [-0.05, 0) is 78.4 Å². The van der Waals surface area contributed by atoms with E-state index in [9.17, 15) is 9.59 Å². The summed E-state index contributed by atoms with van der Waals surface area (Å²) in [5, 5.41) is 0. The summed E-state index contributed by atoms with van der Waals surface area (Å²) in [5.41, 5.74) is 0.319. The predicted octanol–water partition coefficient (Wildman–Crippen LogP) is 6.86. The minimum atomic E-state index is 0.0935. The van der Waals surface area contributed by atoms with Gasteiger partial charge in [0.05, 0.1) is 0 Å². The van der Waals surface area contributed by atoms with Crippen LogP contribution in [0, 0.1) is 52.3 Å². The van der Waals surface area contributed by atoms with Crippen LogP contribution in [0.4, 0.5) is 0 Å². The van der Waals surface area contributed by atoms with Gasteiger partial charge in [-0.2, -0.15) is 0 Å². The van der Waals surface area contributed by atoms with Crippen molar-refractivity contribution < 1.29 is 9.59 Å². The summed E-state index contributed by atoms with van der Waals surface area (Å²) in [6.45, 7) is 12.0. The number of rotatable bonds is 5. The Hall–Kier alpha value is -0.660. The molecule has 0 aromatic carbocycles. The van der Waals surface area contributed by atoms with Crippen LogP contribution in [0.15, 0.2) is 0 Å². The van der Waals surface area contributed by atoms with Crippen LogP contribution >= 0.6 is 0 Å². The molecule has 4 rings (SSSR count). The first-order valence-corrected chi connectivity index (χ1v) is 12.7. The van der Waals surface area contributed by atoms with Crippen LogP contribution in [0.3, 0.4) is 0 Å². The molecule has 0 bridgehead atoms. The third kappa shape index (κ3) is 3.55. The zero-order valence-electron chi connectivity index (χ0n) is 19.6. The van der Waals surface area contributed by atoms with E-state index in [-0.39, 0.29) is 16.7 Å². The number of carbonyl (C=O) groups excluding carboxylic acids is 2. The van der Waals surface area contributed by atoms with Crippen molar-refractivity contribution in [2.45, 2.75) is 105 Å². The Morgan fingerprint density at radius 1 is 0.966 bits per heavy atom. The lowest BCUT2D eigenvalue weighted by Gasteiger charge is -2.59. The summed E-state index contributed by atoms with van der Waals surface area (Å²) >= 11 is 0. The minimum Gasteiger partial charge on any atom is -0.300 e. The predicted molar refractivity (Wildman–Crippen MR) is 118 cm³/mol. The summed E-state index contributed by atoms with van der Waals surface area (Å²) in [6, 6.07) is 0. The highest BCUT2D eigenvalue weighted by Gasteiger charge is 2.63. The third-order valence-corrected chi connectivity index (χ3v) is 10.4. The molecule has 0 saturated heterocycles. The Morgan fingerprint density at radius 3 is 2.45 bits per heavy atom. The summed E-state index contributed by atoms with van der Waals surface area (Å²) in [7, 11) is 0. The van der Waals surface area contributed by atoms with E-state index < -0.39 is 0 Å².